The highest BCUT2D eigenvalue weighted by Gasteiger charge is 2.40. The van der Waals surface area contributed by atoms with Crippen molar-refractivity contribution in [2.45, 2.75) is 32.0 Å². The summed E-state index contributed by atoms with van der Waals surface area (Å²) in [6, 6.07) is 0.0621. The molecule has 3 nitrogen and oxygen atoms in total. The van der Waals surface area contributed by atoms with E-state index in [1.54, 1.807) is 0 Å². The SMILES string of the molecule is CCC1CC1Nc1nc(Cl)ncc1C(F)(F)F. The predicted octanol–water partition coefficient (Wildman–Crippen LogP) is 3.36. The van der Waals surface area contributed by atoms with Gasteiger partial charge in [-0.1, -0.05) is 13.3 Å². The largest absolute Gasteiger partial charge is 0.421 e. The van der Waals surface area contributed by atoms with Crippen LogP contribution in [0.15, 0.2) is 6.20 Å². The Bertz CT molecular complexity index is 422. The minimum atomic E-state index is -4.47. The van der Waals surface area contributed by atoms with Crippen LogP contribution in [0.3, 0.4) is 0 Å². The van der Waals surface area contributed by atoms with Gasteiger partial charge in [0.05, 0.1) is 0 Å². The Morgan fingerprint density at radius 3 is 2.76 bits per heavy atom. The van der Waals surface area contributed by atoms with Gasteiger partial charge in [-0.05, 0) is 23.9 Å². The van der Waals surface area contributed by atoms with Crippen LogP contribution in [0, 0.1) is 5.92 Å². The second-order valence-corrected chi connectivity index (χ2v) is 4.39. The van der Waals surface area contributed by atoms with Gasteiger partial charge < -0.3 is 5.32 Å². The van der Waals surface area contributed by atoms with E-state index in [-0.39, 0.29) is 17.1 Å². The predicted molar refractivity (Wildman–Crippen MR) is 57.9 cm³/mol. The van der Waals surface area contributed by atoms with Gasteiger partial charge in [-0.2, -0.15) is 13.2 Å². The van der Waals surface area contributed by atoms with E-state index in [1.807, 2.05) is 6.92 Å². The lowest BCUT2D eigenvalue weighted by Gasteiger charge is -2.12. The van der Waals surface area contributed by atoms with E-state index in [0.29, 0.717) is 12.1 Å². The zero-order valence-corrected chi connectivity index (χ0v) is 9.81. The highest BCUT2D eigenvalue weighted by atomic mass is 35.5. The summed E-state index contributed by atoms with van der Waals surface area (Å²) in [7, 11) is 0. The Hall–Kier alpha value is -1.04. The number of alkyl halides is 3. The smallest absolute Gasteiger partial charge is 0.366 e. The van der Waals surface area contributed by atoms with E-state index in [1.165, 1.54) is 0 Å². The van der Waals surface area contributed by atoms with Crippen LogP contribution in [-0.2, 0) is 6.18 Å². The minimum Gasteiger partial charge on any atom is -0.366 e. The molecule has 2 rings (SSSR count). The van der Waals surface area contributed by atoms with Crippen LogP contribution in [-0.4, -0.2) is 16.0 Å². The van der Waals surface area contributed by atoms with Crippen LogP contribution in [0.4, 0.5) is 19.0 Å². The molecular formula is C10H11ClF3N3. The van der Waals surface area contributed by atoms with Crippen LogP contribution in [0.2, 0.25) is 5.28 Å². The Kier molecular flexibility index (Phi) is 3.16. The van der Waals surface area contributed by atoms with Crippen LogP contribution < -0.4 is 5.32 Å². The van der Waals surface area contributed by atoms with E-state index < -0.39 is 11.7 Å². The normalized spacial score (nSPS) is 23.6. The molecule has 0 bridgehead atoms. The molecular weight excluding hydrogens is 255 g/mol. The van der Waals surface area contributed by atoms with Gasteiger partial charge in [0.1, 0.15) is 11.4 Å². The zero-order chi connectivity index (χ0) is 12.6. The number of rotatable bonds is 3. The maximum absolute atomic E-state index is 12.7. The Labute approximate surface area is 101 Å². The third-order valence-corrected chi connectivity index (χ3v) is 3.02. The molecule has 94 valence electrons. The van der Waals surface area contributed by atoms with Crippen LogP contribution in [0.1, 0.15) is 25.3 Å². The Balaban J connectivity index is 2.22. The molecule has 1 heterocycles. The second-order valence-electron chi connectivity index (χ2n) is 4.05. The number of aromatic nitrogens is 2. The monoisotopic (exact) mass is 265 g/mol. The van der Waals surface area contributed by atoms with Crippen molar-refractivity contribution in [1.82, 2.24) is 9.97 Å². The molecule has 2 atom stereocenters. The molecule has 1 N–H and O–H groups in total. The first-order valence-corrected chi connectivity index (χ1v) is 5.66. The standard InChI is InChI=1S/C10H11ClF3N3/c1-2-5-3-7(5)16-8-6(10(12,13)14)4-15-9(11)17-8/h4-5,7H,2-3H2,1H3,(H,15,16,17). The summed E-state index contributed by atoms with van der Waals surface area (Å²) in [6.07, 6.45) is -1.95. The summed E-state index contributed by atoms with van der Waals surface area (Å²) < 4.78 is 38.0. The lowest BCUT2D eigenvalue weighted by Crippen LogP contribution is -2.15. The molecule has 0 aromatic carbocycles. The molecule has 0 spiro atoms. The summed E-state index contributed by atoms with van der Waals surface area (Å²) in [5, 5.41) is 2.59. The van der Waals surface area contributed by atoms with E-state index >= 15 is 0 Å². The van der Waals surface area contributed by atoms with Crippen molar-refractivity contribution in [3.8, 4) is 0 Å². The van der Waals surface area contributed by atoms with Crippen molar-refractivity contribution in [2.75, 3.05) is 5.32 Å². The summed E-state index contributed by atoms with van der Waals surface area (Å²) in [5.74, 6) is 0.197. The Morgan fingerprint density at radius 2 is 2.24 bits per heavy atom. The molecule has 0 amide bonds. The summed E-state index contributed by atoms with van der Waals surface area (Å²) in [4.78, 5) is 6.98. The lowest BCUT2D eigenvalue weighted by atomic mass is 10.3. The zero-order valence-electron chi connectivity index (χ0n) is 9.05. The van der Waals surface area contributed by atoms with Crippen molar-refractivity contribution in [2.24, 2.45) is 5.92 Å². The Morgan fingerprint density at radius 1 is 1.53 bits per heavy atom. The average molecular weight is 266 g/mol. The van der Waals surface area contributed by atoms with Gasteiger partial charge in [0, 0.05) is 12.2 Å². The molecule has 0 aliphatic heterocycles. The summed E-state index contributed by atoms with van der Waals surface area (Å²) >= 11 is 5.51. The van der Waals surface area contributed by atoms with Gasteiger partial charge in [-0.25, -0.2) is 9.97 Å². The molecule has 7 heteroatoms. The highest BCUT2D eigenvalue weighted by Crippen LogP contribution is 2.39. The van der Waals surface area contributed by atoms with Crippen LogP contribution >= 0.6 is 11.6 Å². The van der Waals surface area contributed by atoms with Crippen molar-refractivity contribution in [3.05, 3.63) is 17.0 Å². The number of hydrogen-bond donors (Lipinski definition) is 1. The first-order valence-electron chi connectivity index (χ1n) is 5.28. The summed E-state index contributed by atoms with van der Waals surface area (Å²) in [5.41, 5.74) is -0.872. The molecule has 1 aromatic heterocycles. The fourth-order valence-corrected chi connectivity index (χ4v) is 1.86. The average Bonchev–Trinajstić information content (AvgIpc) is 2.94. The van der Waals surface area contributed by atoms with Crippen LogP contribution in [0.25, 0.3) is 0 Å². The molecule has 2 unspecified atom stereocenters. The van der Waals surface area contributed by atoms with Gasteiger partial charge in [0.2, 0.25) is 5.28 Å². The summed E-state index contributed by atoms with van der Waals surface area (Å²) in [6.45, 7) is 2.00. The molecule has 1 aliphatic rings. The topological polar surface area (TPSA) is 37.8 Å². The quantitative estimate of drug-likeness (QED) is 0.852. The molecule has 0 saturated heterocycles. The molecule has 1 aromatic rings. The minimum absolute atomic E-state index is 0.0621. The third-order valence-electron chi connectivity index (χ3n) is 2.83. The van der Waals surface area contributed by atoms with Gasteiger partial charge in [0.15, 0.2) is 0 Å². The molecule has 1 saturated carbocycles. The fourth-order valence-electron chi connectivity index (χ4n) is 1.73. The highest BCUT2D eigenvalue weighted by molar-refractivity contribution is 6.28. The van der Waals surface area contributed by atoms with E-state index in [9.17, 15) is 13.2 Å². The van der Waals surface area contributed by atoms with Gasteiger partial charge in [-0.15, -0.1) is 0 Å². The van der Waals surface area contributed by atoms with Gasteiger partial charge in [0.25, 0.3) is 0 Å². The van der Waals surface area contributed by atoms with Crippen molar-refractivity contribution in [1.29, 1.82) is 0 Å². The van der Waals surface area contributed by atoms with Crippen molar-refractivity contribution >= 4 is 17.4 Å². The van der Waals surface area contributed by atoms with Crippen LogP contribution in [0.5, 0.6) is 0 Å². The van der Waals surface area contributed by atoms with Crippen molar-refractivity contribution in [3.63, 3.8) is 0 Å². The maximum Gasteiger partial charge on any atom is 0.421 e. The molecule has 1 fully saturated rings. The molecule has 1 aliphatic carbocycles. The number of halogens is 4. The number of nitrogens with zero attached hydrogens (tertiary/aromatic N) is 2. The number of hydrogen-bond acceptors (Lipinski definition) is 3. The first kappa shape index (κ1) is 12.4. The fraction of sp³-hybridized carbons (Fsp3) is 0.600. The lowest BCUT2D eigenvalue weighted by molar-refractivity contribution is -0.137. The number of anilines is 1. The van der Waals surface area contributed by atoms with Gasteiger partial charge >= 0.3 is 6.18 Å². The van der Waals surface area contributed by atoms with E-state index in [4.69, 9.17) is 11.6 Å². The molecule has 0 radical (unpaired) electrons. The first-order chi connectivity index (χ1) is 7.91. The maximum atomic E-state index is 12.7. The van der Waals surface area contributed by atoms with E-state index in [0.717, 1.165) is 12.8 Å². The molecule has 17 heavy (non-hydrogen) atoms. The van der Waals surface area contributed by atoms with E-state index in [2.05, 4.69) is 15.3 Å². The van der Waals surface area contributed by atoms with Crippen molar-refractivity contribution < 1.29 is 13.2 Å². The second kappa shape index (κ2) is 4.33. The third kappa shape index (κ3) is 2.80. The van der Waals surface area contributed by atoms with Gasteiger partial charge in [-0.3, -0.25) is 0 Å². The number of nitrogens with one attached hydrogen (secondary N) is 1.